The molecule has 2 aliphatic rings. The average Bonchev–Trinajstić information content (AvgIpc) is 2.93. The maximum absolute atomic E-state index is 11.9. The number of rotatable bonds is 5. The van der Waals surface area contributed by atoms with Gasteiger partial charge in [-0.25, -0.2) is 0 Å². The maximum Gasteiger partial charge on any atom is 0.222 e. The van der Waals surface area contributed by atoms with E-state index in [4.69, 9.17) is 4.74 Å². The fraction of sp³-hybridized carbons (Fsp3) is 0.917. The second-order valence-electron chi connectivity index (χ2n) is 4.58. The first-order valence-electron chi connectivity index (χ1n) is 6.22. The van der Waals surface area contributed by atoms with Crippen molar-refractivity contribution in [3.63, 3.8) is 0 Å². The zero-order chi connectivity index (χ0) is 10.7. The van der Waals surface area contributed by atoms with E-state index in [1.807, 2.05) is 4.90 Å². The quantitative estimate of drug-likeness (QED) is 0.695. The van der Waals surface area contributed by atoms with Gasteiger partial charge in [0.1, 0.15) is 0 Å². The summed E-state index contributed by atoms with van der Waals surface area (Å²) in [4.78, 5) is 13.9. The fourth-order valence-electron chi connectivity index (χ4n) is 2.32. The summed E-state index contributed by atoms with van der Waals surface area (Å²) in [5.41, 5.74) is 0. The SMILES string of the molecule is CCN(C(=O)CCC1CCCO1)C1CC1. The molecular formula is C12H21NO2. The van der Waals surface area contributed by atoms with Crippen molar-refractivity contribution in [1.29, 1.82) is 0 Å². The number of hydrogen-bond acceptors (Lipinski definition) is 2. The molecule has 0 aromatic rings. The molecule has 3 heteroatoms. The van der Waals surface area contributed by atoms with Crippen molar-refractivity contribution in [2.45, 2.75) is 57.6 Å². The van der Waals surface area contributed by atoms with E-state index in [9.17, 15) is 4.79 Å². The molecule has 1 aliphatic heterocycles. The highest BCUT2D eigenvalue weighted by molar-refractivity contribution is 5.76. The number of nitrogens with zero attached hydrogens (tertiary/aromatic N) is 1. The molecule has 1 unspecified atom stereocenters. The summed E-state index contributed by atoms with van der Waals surface area (Å²) in [6, 6.07) is 0.562. The average molecular weight is 211 g/mol. The lowest BCUT2D eigenvalue weighted by atomic mass is 10.1. The molecule has 0 spiro atoms. The first-order valence-corrected chi connectivity index (χ1v) is 6.22. The molecule has 2 fully saturated rings. The highest BCUT2D eigenvalue weighted by atomic mass is 16.5. The molecule has 1 amide bonds. The van der Waals surface area contributed by atoms with Crippen LogP contribution in [0.1, 0.15) is 45.4 Å². The van der Waals surface area contributed by atoms with Gasteiger partial charge >= 0.3 is 0 Å². The van der Waals surface area contributed by atoms with Gasteiger partial charge in [0, 0.05) is 25.6 Å². The predicted molar refractivity (Wildman–Crippen MR) is 58.6 cm³/mol. The van der Waals surface area contributed by atoms with Gasteiger partial charge < -0.3 is 9.64 Å². The molecule has 1 aliphatic carbocycles. The topological polar surface area (TPSA) is 29.5 Å². The van der Waals surface area contributed by atoms with E-state index in [1.165, 1.54) is 19.3 Å². The van der Waals surface area contributed by atoms with E-state index in [1.54, 1.807) is 0 Å². The number of carbonyl (C=O) groups excluding carboxylic acids is 1. The second kappa shape index (κ2) is 4.97. The van der Waals surface area contributed by atoms with Crippen LogP contribution < -0.4 is 0 Å². The van der Waals surface area contributed by atoms with Gasteiger partial charge in [0.05, 0.1) is 6.10 Å². The van der Waals surface area contributed by atoms with Gasteiger partial charge in [0.15, 0.2) is 0 Å². The van der Waals surface area contributed by atoms with Crippen LogP contribution in [-0.2, 0) is 9.53 Å². The molecule has 0 aromatic heterocycles. The van der Waals surface area contributed by atoms with Crippen LogP contribution in [0, 0.1) is 0 Å². The molecule has 1 heterocycles. The lowest BCUT2D eigenvalue weighted by Crippen LogP contribution is -2.33. The van der Waals surface area contributed by atoms with Crippen molar-refractivity contribution in [3.8, 4) is 0 Å². The first-order chi connectivity index (χ1) is 7.31. The van der Waals surface area contributed by atoms with Crippen LogP contribution in [0.2, 0.25) is 0 Å². The molecule has 0 aromatic carbocycles. The summed E-state index contributed by atoms with van der Waals surface area (Å²) in [5.74, 6) is 0.329. The van der Waals surface area contributed by atoms with E-state index >= 15 is 0 Å². The molecular weight excluding hydrogens is 190 g/mol. The molecule has 0 N–H and O–H groups in total. The summed E-state index contributed by atoms with van der Waals surface area (Å²) >= 11 is 0. The molecule has 86 valence electrons. The zero-order valence-electron chi connectivity index (χ0n) is 9.58. The Morgan fingerprint density at radius 1 is 1.40 bits per heavy atom. The largest absolute Gasteiger partial charge is 0.378 e. The molecule has 1 saturated heterocycles. The van der Waals surface area contributed by atoms with E-state index in [0.29, 0.717) is 24.5 Å². The van der Waals surface area contributed by atoms with Crippen LogP contribution in [0.15, 0.2) is 0 Å². The monoisotopic (exact) mass is 211 g/mol. The van der Waals surface area contributed by atoms with Gasteiger partial charge in [-0.05, 0) is 39.0 Å². The molecule has 1 atom stereocenters. The van der Waals surface area contributed by atoms with Crippen molar-refractivity contribution in [3.05, 3.63) is 0 Å². The van der Waals surface area contributed by atoms with E-state index in [2.05, 4.69) is 6.92 Å². The van der Waals surface area contributed by atoms with Crippen molar-refractivity contribution in [1.82, 2.24) is 4.90 Å². The molecule has 2 rings (SSSR count). The summed E-state index contributed by atoms with van der Waals surface area (Å²) in [7, 11) is 0. The highest BCUT2D eigenvalue weighted by Crippen LogP contribution is 2.27. The Hall–Kier alpha value is -0.570. The minimum atomic E-state index is 0.329. The Bertz CT molecular complexity index is 220. The normalized spacial score (nSPS) is 25.5. The third-order valence-corrected chi connectivity index (χ3v) is 3.35. The molecule has 15 heavy (non-hydrogen) atoms. The van der Waals surface area contributed by atoms with Crippen LogP contribution in [-0.4, -0.2) is 36.1 Å². The van der Waals surface area contributed by atoms with Gasteiger partial charge in [-0.3, -0.25) is 4.79 Å². The van der Waals surface area contributed by atoms with Crippen molar-refractivity contribution < 1.29 is 9.53 Å². The molecule has 0 radical (unpaired) electrons. The molecule has 1 saturated carbocycles. The Morgan fingerprint density at radius 3 is 2.73 bits per heavy atom. The molecule has 3 nitrogen and oxygen atoms in total. The molecule has 0 bridgehead atoms. The third kappa shape index (κ3) is 2.94. The zero-order valence-corrected chi connectivity index (χ0v) is 9.58. The van der Waals surface area contributed by atoms with Gasteiger partial charge in [0.2, 0.25) is 5.91 Å². The summed E-state index contributed by atoms with van der Waals surface area (Å²) < 4.78 is 5.52. The number of hydrogen-bond donors (Lipinski definition) is 0. The minimum Gasteiger partial charge on any atom is -0.378 e. The smallest absolute Gasteiger partial charge is 0.222 e. The minimum absolute atomic E-state index is 0.329. The lowest BCUT2D eigenvalue weighted by molar-refractivity contribution is -0.132. The second-order valence-corrected chi connectivity index (χ2v) is 4.58. The van der Waals surface area contributed by atoms with Gasteiger partial charge in [0.25, 0.3) is 0 Å². The Balaban J connectivity index is 1.70. The van der Waals surface area contributed by atoms with E-state index in [0.717, 1.165) is 26.0 Å². The highest BCUT2D eigenvalue weighted by Gasteiger charge is 2.31. The number of carbonyl (C=O) groups is 1. The summed E-state index contributed by atoms with van der Waals surface area (Å²) in [5, 5.41) is 0. The van der Waals surface area contributed by atoms with Crippen LogP contribution in [0.25, 0.3) is 0 Å². The van der Waals surface area contributed by atoms with Crippen LogP contribution in [0.4, 0.5) is 0 Å². The summed E-state index contributed by atoms with van der Waals surface area (Å²) in [6.45, 7) is 3.83. The van der Waals surface area contributed by atoms with Crippen LogP contribution in [0.5, 0.6) is 0 Å². The maximum atomic E-state index is 11.9. The Morgan fingerprint density at radius 2 is 2.20 bits per heavy atom. The van der Waals surface area contributed by atoms with Crippen molar-refractivity contribution >= 4 is 5.91 Å². The number of ether oxygens (including phenoxy) is 1. The number of amides is 1. The third-order valence-electron chi connectivity index (χ3n) is 3.35. The van der Waals surface area contributed by atoms with Crippen molar-refractivity contribution in [2.24, 2.45) is 0 Å². The Labute approximate surface area is 91.8 Å². The first kappa shape index (κ1) is 10.9. The lowest BCUT2D eigenvalue weighted by Gasteiger charge is -2.21. The fourth-order valence-corrected chi connectivity index (χ4v) is 2.32. The standard InChI is InChI=1S/C12H21NO2/c1-2-13(10-5-6-10)12(14)8-7-11-4-3-9-15-11/h10-11H,2-9H2,1H3. The van der Waals surface area contributed by atoms with Crippen molar-refractivity contribution in [2.75, 3.05) is 13.2 Å². The van der Waals surface area contributed by atoms with E-state index in [-0.39, 0.29) is 0 Å². The predicted octanol–water partition coefficient (Wildman–Crippen LogP) is 1.96. The van der Waals surface area contributed by atoms with Gasteiger partial charge in [-0.2, -0.15) is 0 Å². The van der Waals surface area contributed by atoms with Gasteiger partial charge in [-0.1, -0.05) is 0 Å². The van der Waals surface area contributed by atoms with Crippen LogP contribution >= 0.6 is 0 Å². The Kier molecular flexibility index (Phi) is 3.62. The van der Waals surface area contributed by atoms with Crippen LogP contribution in [0.3, 0.4) is 0 Å². The van der Waals surface area contributed by atoms with E-state index < -0.39 is 0 Å². The summed E-state index contributed by atoms with van der Waals surface area (Å²) in [6.07, 6.45) is 6.67. The van der Waals surface area contributed by atoms with Gasteiger partial charge in [-0.15, -0.1) is 0 Å².